The summed E-state index contributed by atoms with van der Waals surface area (Å²) >= 11 is 0. The number of nitrogens with one attached hydrogen (secondary N) is 1. The van der Waals surface area contributed by atoms with Gasteiger partial charge in [-0.05, 0) is 101 Å². The SMILES string of the molecule is Cc1cc(C(=O)OCC(=O)N[C@@H](C)C23CC4CC(CC(C4)C2)C3)c(C)n1-c1ccccc1. The monoisotopic (exact) mass is 434 g/mol. The van der Waals surface area contributed by atoms with E-state index in [1.807, 2.05) is 54.8 Å². The summed E-state index contributed by atoms with van der Waals surface area (Å²) in [6.45, 7) is 5.80. The van der Waals surface area contributed by atoms with E-state index in [1.54, 1.807) is 0 Å². The van der Waals surface area contributed by atoms with Gasteiger partial charge in [0.05, 0.1) is 5.56 Å². The average Bonchev–Trinajstić information content (AvgIpc) is 3.05. The Hall–Kier alpha value is -2.56. The third-order valence-electron chi connectivity index (χ3n) is 8.38. The van der Waals surface area contributed by atoms with Crippen LogP contribution in [0.15, 0.2) is 36.4 Å². The summed E-state index contributed by atoms with van der Waals surface area (Å²) in [5, 5.41) is 3.18. The van der Waals surface area contributed by atoms with E-state index in [9.17, 15) is 9.59 Å². The van der Waals surface area contributed by atoms with E-state index in [-0.39, 0.29) is 24.0 Å². The largest absolute Gasteiger partial charge is 0.452 e. The van der Waals surface area contributed by atoms with E-state index in [1.165, 1.54) is 38.5 Å². The molecule has 4 fully saturated rings. The van der Waals surface area contributed by atoms with Crippen molar-refractivity contribution < 1.29 is 14.3 Å². The van der Waals surface area contributed by atoms with Gasteiger partial charge in [-0.1, -0.05) is 18.2 Å². The molecule has 1 heterocycles. The van der Waals surface area contributed by atoms with Crippen LogP contribution in [-0.2, 0) is 9.53 Å². The fourth-order valence-corrected chi connectivity index (χ4v) is 7.30. The summed E-state index contributed by atoms with van der Waals surface area (Å²) in [6, 6.07) is 11.9. The van der Waals surface area contributed by atoms with E-state index in [2.05, 4.69) is 12.2 Å². The van der Waals surface area contributed by atoms with Crippen LogP contribution in [-0.4, -0.2) is 29.1 Å². The molecule has 170 valence electrons. The number of hydrogen-bond donors (Lipinski definition) is 1. The molecule has 32 heavy (non-hydrogen) atoms. The smallest absolute Gasteiger partial charge is 0.340 e. The quantitative estimate of drug-likeness (QED) is 0.653. The Labute approximate surface area is 190 Å². The minimum Gasteiger partial charge on any atom is -0.452 e. The molecule has 1 atom stereocenters. The lowest BCUT2D eigenvalue weighted by atomic mass is 9.48. The maximum atomic E-state index is 12.8. The van der Waals surface area contributed by atoms with Crippen molar-refractivity contribution >= 4 is 11.9 Å². The molecule has 0 saturated heterocycles. The molecule has 0 radical (unpaired) electrons. The highest BCUT2D eigenvalue weighted by Crippen LogP contribution is 2.61. The normalized spacial score (nSPS) is 29.0. The summed E-state index contributed by atoms with van der Waals surface area (Å²) in [4.78, 5) is 25.4. The molecule has 4 bridgehead atoms. The second kappa shape index (κ2) is 8.09. The van der Waals surface area contributed by atoms with Crippen LogP contribution in [0.3, 0.4) is 0 Å². The Kier molecular flexibility index (Phi) is 5.39. The van der Waals surface area contributed by atoms with Gasteiger partial charge in [0.2, 0.25) is 0 Å². The van der Waals surface area contributed by atoms with Crippen molar-refractivity contribution in [2.45, 2.75) is 65.3 Å². The van der Waals surface area contributed by atoms with E-state index in [4.69, 9.17) is 4.74 Å². The lowest BCUT2D eigenvalue weighted by Gasteiger charge is -2.59. The molecule has 5 nitrogen and oxygen atoms in total. The van der Waals surface area contributed by atoms with Gasteiger partial charge in [-0.3, -0.25) is 4.79 Å². The van der Waals surface area contributed by atoms with Crippen molar-refractivity contribution in [3.63, 3.8) is 0 Å². The first kappa shape index (κ1) is 21.3. The van der Waals surface area contributed by atoms with Gasteiger partial charge >= 0.3 is 5.97 Å². The van der Waals surface area contributed by atoms with Crippen LogP contribution in [0.5, 0.6) is 0 Å². The first-order chi connectivity index (χ1) is 15.3. The zero-order chi connectivity index (χ0) is 22.5. The molecule has 2 aromatic rings. The molecule has 1 aromatic heterocycles. The summed E-state index contributed by atoms with van der Waals surface area (Å²) in [5.41, 5.74) is 3.54. The molecular formula is C27H34N2O3. The van der Waals surface area contributed by atoms with E-state index >= 15 is 0 Å². The molecule has 0 aliphatic heterocycles. The fourth-order valence-electron chi connectivity index (χ4n) is 7.30. The minimum absolute atomic E-state index is 0.130. The van der Waals surface area contributed by atoms with E-state index < -0.39 is 5.97 Å². The van der Waals surface area contributed by atoms with Gasteiger partial charge in [0.15, 0.2) is 6.61 Å². The molecule has 1 amide bonds. The number of hydrogen-bond acceptors (Lipinski definition) is 3. The van der Waals surface area contributed by atoms with Crippen molar-refractivity contribution in [1.82, 2.24) is 9.88 Å². The summed E-state index contributed by atoms with van der Waals surface area (Å²) in [7, 11) is 0. The number of benzene rings is 1. The van der Waals surface area contributed by atoms with E-state index in [0.717, 1.165) is 34.8 Å². The first-order valence-corrected chi connectivity index (χ1v) is 12.1. The highest BCUT2D eigenvalue weighted by molar-refractivity contribution is 5.93. The van der Waals surface area contributed by atoms with Crippen molar-refractivity contribution in [2.24, 2.45) is 23.2 Å². The molecule has 0 spiro atoms. The van der Waals surface area contributed by atoms with Crippen LogP contribution in [0.4, 0.5) is 0 Å². The number of carbonyl (C=O) groups excluding carboxylic acids is 2. The lowest BCUT2D eigenvalue weighted by molar-refractivity contribution is -0.128. The van der Waals surface area contributed by atoms with Gasteiger partial charge < -0.3 is 14.6 Å². The van der Waals surface area contributed by atoms with Crippen molar-refractivity contribution in [3.8, 4) is 5.69 Å². The molecule has 0 unspecified atom stereocenters. The number of carbonyl (C=O) groups is 2. The average molecular weight is 435 g/mol. The highest BCUT2D eigenvalue weighted by atomic mass is 16.5. The molecule has 1 aromatic carbocycles. The Balaban J connectivity index is 1.20. The number of nitrogens with zero attached hydrogens (tertiary/aromatic N) is 1. The first-order valence-electron chi connectivity index (χ1n) is 12.1. The summed E-state index contributed by atoms with van der Waals surface area (Å²) < 4.78 is 7.46. The van der Waals surface area contributed by atoms with Gasteiger partial charge in [-0.15, -0.1) is 0 Å². The fraction of sp³-hybridized carbons (Fsp3) is 0.556. The van der Waals surface area contributed by atoms with Crippen molar-refractivity contribution in [1.29, 1.82) is 0 Å². The van der Waals surface area contributed by atoms with Crippen molar-refractivity contribution in [3.05, 3.63) is 53.3 Å². The number of aromatic nitrogens is 1. The van der Waals surface area contributed by atoms with Crippen LogP contribution in [0.2, 0.25) is 0 Å². The second-order valence-corrected chi connectivity index (χ2v) is 10.6. The zero-order valence-corrected chi connectivity index (χ0v) is 19.4. The molecule has 4 saturated carbocycles. The lowest BCUT2D eigenvalue weighted by Crippen LogP contribution is -2.56. The maximum absolute atomic E-state index is 12.8. The molecule has 4 aliphatic carbocycles. The van der Waals surface area contributed by atoms with Gasteiger partial charge in [-0.2, -0.15) is 0 Å². The van der Waals surface area contributed by atoms with Gasteiger partial charge in [0, 0.05) is 23.1 Å². The Bertz CT molecular complexity index is 988. The molecule has 6 rings (SSSR count). The number of esters is 1. The topological polar surface area (TPSA) is 60.3 Å². The zero-order valence-electron chi connectivity index (χ0n) is 19.4. The van der Waals surface area contributed by atoms with Crippen LogP contribution < -0.4 is 5.32 Å². The van der Waals surface area contributed by atoms with Gasteiger partial charge in [0.1, 0.15) is 0 Å². The van der Waals surface area contributed by atoms with Gasteiger partial charge in [-0.25, -0.2) is 4.79 Å². The van der Waals surface area contributed by atoms with Crippen molar-refractivity contribution in [2.75, 3.05) is 6.61 Å². The number of ether oxygens (including phenoxy) is 1. The highest BCUT2D eigenvalue weighted by Gasteiger charge is 2.53. The van der Waals surface area contributed by atoms with Crippen LogP contribution in [0, 0.1) is 37.0 Å². The third-order valence-corrected chi connectivity index (χ3v) is 8.38. The van der Waals surface area contributed by atoms with Crippen LogP contribution >= 0.6 is 0 Å². The molecule has 1 N–H and O–H groups in total. The number of rotatable bonds is 6. The standard InChI is InChI=1S/C27H34N2O3/c1-17-9-24(18(2)29(17)23-7-5-4-6-8-23)26(31)32-16-25(30)28-19(3)27-13-20-10-21(14-27)12-22(11-20)15-27/h4-9,19-22H,10-16H2,1-3H3,(H,28,30)/t19-,20?,21?,22?,27?/m0/s1. The summed E-state index contributed by atoms with van der Waals surface area (Å²) in [6.07, 6.45) is 7.89. The number of para-hydroxylation sites is 1. The predicted molar refractivity (Wildman–Crippen MR) is 124 cm³/mol. The number of aryl methyl sites for hydroxylation is 1. The predicted octanol–water partition coefficient (Wildman–Crippen LogP) is 4.97. The van der Waals surface area contributed by atoms with Gasteiger partial charge in [0.25, 0.3) is 5.91 Å². The van der Waals surface area contributed by atoms with Crippen LogP contribution in [0.25, 0.3) is 5.69 Å². The Morgan fingerprint density at radius 3 is 2.25 bits per heavy atom. The Morgan fingerprint density at radius 2 is 1.66 bits per heavy atom. The Morgan fingerprint density at radius 1 is 1.06 bits per heavy atom. The summed E-state index contributed by atoms with van der Waals surface area (Å²) in [5.74, 6) is 1.89. The molecule has 4 aliphatic rings. The third kappa shape index (κ3) is 3.76. The molecule has 5 heteroatoms. The second-order valence-electron chi connectivity index (χ2n) is 10.6. The molecular weight excluding hydrogens is 400 g/mol. The number of amides is 1. The van der Waals surface area contributed by atoms with Crippen LogP contribution in [0.1, 0.15) is 67.2 Å². The maximum Gasteiger partial charge on any atom is 0.340 e. The minimum atomic E-state index is -0.446. The van der Waals surface area contributed by atoms with E-state index in [0.29, 0.717) is 5.56 Å².